The topological polar surface area (TPSA) is 47.0 Å². The van der Waals surface area contributed by atoms with E-state index in [0.29, 0.717) is 12.5 Å². The highest BCUT2D eigenvalue weighted by Gasteiger charge is 1.99. The van der Waals surface area contributed by atoms with E-state index in [1.807, 2.05) is 24.3 Å². The third-order valence-electron chi connectivity index (χ3n) is 2.54. The van der Waals surface area contributed by atoms with Crippen molar-refractivity contribution in [1.29, 1.82) is 0 Å². The first-order valence-corrected chi connectivity index (χ1v) is 6.54. The summed E-state index contributed by atoms with van der Waals surface area (Å²) in [7, 11) is 0. The summed E-state index contributed by atoms with van der Waals surface area (Å²) in [5, 5.41) is 3.91. The Morgan fingerprint density at radius 2 is 1.95 bits per heavy atom. The monoisotopic (exact) mass is 277 g/mol. The summed E-state index contributed by atoms with van der Waals surface area (Å²) in [6, 6.07) is 7.53. The lowest BCUT2D eigenvalue weighted by Crippen LogP contribution is -2.13. The van der Waals surface area contributed by atoms with Gasteiger partial charge in [-0.25, -0.2) is 4.98 Å². The zero-order valence-electron chi connectivity index (χ0n) is 10.8. The lowest BCUT2D eigenvalue weighted by molar-refractivity contribution is 0.292. The van der Waals surface area contributed by atoms with Gasteiger partial charge in [-0.05, 0) is 24.2 Å². The molecule has 19 heavy (non-hydrogen) atoms. The smallest absolute Gasteiger partial charge is 0.232 e. The third kappa shape index (κ3) is 4.50. The van der Waals surface area contributed by atoms with Crippen LogP contribution in [0.5, 0.6) is 5.88 Å². The van der Waals surface area contributed by atoms with E-state index in [2.05, 4.69) is 22.2 Å². The van der Waals surface area contributed by atoms with Crippen LogP contribution in [0, 0.1) is 0 Å². The van der Waals surface area contributed by atoms with Gasteiger partial charge in [0.2, 0.25) is 5.88 Å². The van der Waals surface area contributed by atoms with Crippen molar-refractivity contribution in [2.24, 2.45) is 0 Å². The first kappa shape index (κ1) is 13.8. The van der Waals surface area contributed by atoms with E-state index < -0.39 is 0 Å². The minimum atomic E-state index is 0.457. The molecule has 4 nitrogen and oxygen atoms in total. The maximum Gasteiger partial charge on any atom is 0.232 e. The summed E-state index contributed by atoms with van der Waals surface area (Å²) >= 11 is 5.82. The summed E-state index contributed by atoms with van der Waals surface area (Å²) < 4.78 is 5.55. The van der Waals surface area contributed by atoms with Crippen LogP contribution in [0.25, 0.3) is 0 Å². The van der Waals surface area contributed by atoms with Gasteiger partial charge in [-0.3, -0.25) is 4.98 Å². The average molecular weight is 278 g/mol. The van der Waals surface area contributed by atoms with E-state index in [1.54, 1.807) is 12.4 Å². The molecule has 1 heterocycles. The third-order valence-corrected chi connectivity index (χ3v) is 2.79. The first-order chi connectivity index (χ1) is 9.28. The Bertz CT molecular complexity index is 499. The number of hydrogen-bond donors (Lipinski definition) is 1. The van der Waals surface area contributed by atoms with Gasteiger partial charge in [0.15, 0.2) is 0 Å². The van der Waals surface area contributed by atoms with Crippen molar-refractivity contribution in [2.75, 3.05) is 6.54 Å². The quantitative estimate of drug-likeness (QED) is 0.882. The van der Waals surface area contributed by atoms with Gasteiger partial charge in [-0.2, -0.15) is 0 Å². The number of benzene rings is 1. The van der Waals surface area contributed by atoms with Gasteiger partial charge in [0.05, 0.1) is 18.1 Å². The molecule has 0 aliphatic rings. The molecule has 0 aliphatic heterocycles. The second-order valence-electron chi connectivity index (χ2n) is 4.04. The van der Waals surface area contributed by atoms with Crippen LogP contribution in [-0.4, -0.2) is 16.5 Å². The predicted octanol–water partition coefficient (Wildman–Crippen LogP) is 2.82. The minimum Gasteiger partial charge on any atom is -0.472 e. The Hall–Kier alpha value is -1.65. The maximum atomic E-state index is 5.82. The molecule has 0 aliphatic carbocycles. The predicted molar refractivity (Wildman–Crippen MR) is 75.2 cm³/mol. The Balaban J connectivity index is 1.87. The summed E-state index contributed by atoms with van der Waals surface area (Å²) in [5.74, 6) is 0.523. The highest BCUT2D eigenvalue weighted by molar-refractivity contribution is 6.30. The van der Waals surface area contributed by atoms with Crippen LogP contribution in [0.3, 0.4) is 0 Å². The first-order valence-electron chi connectivity index (χ1n) is 6.17. The zero-order chi connectivity index (χ0) is 13.5. The molecule has 5 heteroatoms. The maximum absolute atomic E-state index is 5.82. The van der Waals surface area contributed by atoms with Crippen molar-refractivity contribution in [3.8, 4) is 5.88 Å². The minimum absolute atomic E-state index is 0.457. The van der Waals surface area contributed by atoms with Crippen LogP contribution in [0.2, 0.25) is 5.02 Å². The molecule has 0 spiro atoms. The second-order valence-corrected chi connectivity index (χ2v) is 4.48. The van der Waals surface area contributed by atoms with Crippen LogP contribution in [0.4, 0.5) is 0 Å². The molecule has 0 bridgehead atoms. The van der Waals surface area contributed by atoms with Crippen LogP contribution < -0.4 is 10.1 Å². The molecule has 0 saturated heterocycles. The fourth-order valence-corrected chi connectivity index (χ4v) is 1.63. The molecule has 100 valence electrons. The number of nitrogens with zero attached hydrogens (tertiary/aromatic N) is 2. The molecular formula is C14H16ClN3O. The fourth-order valence-electron chi connectivity index (χ4n) is 1.50. The Morgan fingerprint density at radius 1 is 1.16 bits per heavy atom. The highest BCUT2D eigenvalue weighted by atomic mass is 35.5. The van der Waals surface area contributed by atoms with Gasteiger partial charge in [-0.1, -0.05) is 30.7 Å². The normalized spacial score (nSPS) is 10.4. The highest BCUT2D eigenvalue weighted by Crippen LogP contribution is 2.12. The lowest BCUT2D eigenvalue weighted by Gasteiger charge is -2.06. The largest absolute Gasteiger partial charge is 0.472 e. The molecule has 2 aromatic rings. The standard InChI is InChI=1S/C14H16ClN3O/c1-2-16-7-13-8-18-14(9-17-13)19-10-11-3-5-12(15)6-4-11/h3-6,8-9,16H,2,7,10H2,1H3. The molecule has 1 aromatic carbocycles. The van der Waals surface area contributed by atoms with Gasteiger partial charge in [-0.15, -0.1) is 0 Å². The van der Waals surface area contributed by atoms with Gasteiger partial charge < -0.3 is 10.1 Å². The molecule has 0 radical (unpaired) electrons. The number of hydrogen-bond acceptors (Lipinski definition) is 4. The molecule has 2 rings (SSSR count). The molecule has 1 N–H and O–H groups in total. The summed E-state index contributed by atoms with van der Waals surface area (Å²) in [4.78, 5) is 8.48. The molecule has 0 unspecified atom stereocenters. The lowest BCUT2D eigenvalue weighted by atomic mass is 10.2. The van der Waals surface area contributed by atoms with E-state index in [-0.39, 0.29) is 0 Å². The SMILES string of the molecule is CCNCc1cnc(OCc2ccc(Cl)cc2)cn1. The van der Waals surface area contributed by atoms with Crippen LogP contribution >= 0.6 is 11.6 Å². The van der Waals surface area contributed by atoms with E-state index in [1.165, 1.54) is 0 Å². The second kappa shape index (κ2) is 7.07. The molecular weight excluding hydrogens is 262 g/mol. The van der Waals surface area contributed by atoms with Crippen molar-refractivity contribution in [1.82, 2.24) is 15.3 Å². The van der Waals surface area contributed by atoms with Gasteiger partial charge in [0, 0.05) is 11.6 Å². The zero-order valence-corrected chi connectivity index (χ0v) is 11.5. The van der Waals surface area contributed by atoms with Gasteiger partial charge in [0.1, 0.15) is 6.61 Å². The molecule has 0 saturated carbocycles. The number of halogens is 1. The van der Waals surface area contributed by atoms with Crippen LogP contribution in [-0.2, 0) is 13.2 Å². The van der Waals surface area contributed by atoms with E-state index >= 15 is 0 Å². The van der Waals surface area contributed by atoms with Crippen molar-refractivity contribution in [3.63, 3.8) is 0 Å². The van der Waals surface area contributed by atoms with Gasteiger partial charge in [0.25, 0.3) is 0 Å². The number of nitrogens with one attached hydrogen (secondary N) is 1. The van der Waals surface area contributed by atoms with Crippen LogP contribution in [0.1, 0.15) is 18.2 Å². The number of aromatic nitrogens is 2. The molecule has 0 amide bonds. The van der Waals surface area contributed by atoms with Crippen molar-refractivity contribution < 1.29 is 4.74 Å². The van der Waals surface area contributed by atoms with Crippen molar-refractivity contribution in [3.05, 3.63) is 52.9 Å². The van der Waals surface area contributed by atoms with E-state index in [4.69, 9.17) is 16.3 Å². The number of rotatable bonds is 6. The molecule has 1 aromatic heterocycles. The van der Waals surface area contributed by atoms with E-state index in [0.717, 1.165) is 29.4 Å². The summed E-state index contributed by atoms with van der Waals surface area (Å²) in [6.45, 7) is 4.15. The Morgan fingerprint density at radius 3 is 2.58 bits per heavy atom. The molecule has 0 fully saturated rings. The summed E-state index contributed by atoms with van der Waals surface area (Å²) in [6.07, 6.45) is 3.36. The van der Waals surface area contributed by atoms with Crippen molar-refractivity contribution >= 4 is 11.6 Å². The van der Waals surface area contributed by atoms with Gasteiger partial charge >= 0.3 is 0 Å². The Labute approximate surface area is 117 Å². The average Bonchev–Trinajstić information content (AvgIpc) is 2.46. The Kier molecular flexibility index (Phi) is 5.12. The fraction of sp³-hybridized carbons (Fsp3) is 0.286. The number of ether oxygens (including phenoxy) is 1. The molecule has 0 atom stereocenters. The van der Waals surface area contributed by atoms with Crippen LogP contribution in [0.15, 0.2) is 36.7 Å². The summed E-state index contributed by atoms with van der Waals surface area (Å²) in [5.41, 5.74) is 1.95. The van der Waals surface area contributed by atoms with E-state index in [9.17, 15) is 0 Å². The van der Waals surface area contributed by atoms with Crippen molar-refractivity contribution in [2.45, 2.75) is 20.1 Å².